The van der Waals surface area contributed by atoms with Crippen LogP contribution in [-0.4, -0.2) is 29.1 Å². The highest BCUT2D eigenvalue weighted by Crippen LogP contribution is 2.42. The minimum absolute atomic E-state index is 0.0516. The lowest BCUT2D eigenvalue weighted by Crippen LogP contribution is -2.51. The molecule has 1 amide bonds. The van der Waals surface area contributed by atoms with Crippen molar-refractivity contribution in [2.45, 2.75) is 25.0 Å². The van der Waals surface area contributed by atoms with Gasteiger partial charge in [0.05, 0.1) is 0 Å². The lowest BCUT2D eigenvalue weighted by atomic mass is 9.90. The number of ether oxygens (including phenoxy) is 1. The predicted octanol–water partition coefficient (Wildman–Crippen LogP) is 3.32. The van der Waals surface area contributed by atoms with Crippen LogP contribution in [0.2, 0.25) is 0 Å². The molecule has 1 aliphatic carbocycles. The number of carboxylic acids is 1. The first-order valence-electron chi connectivity index (χ1n) is 7.92. The summed E-state index contributed by atoms with van der Waals surface area (Å²) < 4.78 is 18.7. The van der Waals surface area contributed by atoms with Gasteiger partial charge in [0.25, 0.3) is 0 Å². The van der Waals surface area contributed by atoms with Crippen molar-refractivity contribution in [3.8, 4) is 0 Å². The van der Waals surface area contributed by atoms with E-state index in [1.54, 1.807) is 0 Å². The molecule has 6 heteroatoms. The molecule has 0 bridgehead atoms. The second kappa shape index (κ2) is 6.55. The highest BCUT2D eigenvalue weighted by atomic mass is 19.1. The van der Waals surface area contributed by atoms with Crippen molar-refractivity contribution in [3.05, 3.63) is 71.0 Å². The van der Waals surface area contributed by atoms with Crippen molar-refractivity contribution < 1.29 is 23.8 Å². The number of halogens is 1. The van der Waals surface area contributed by atoms with E-state index < -0.39 is 23.4 Å². The lowest BCUT2D eigenvalue weighted by molar-refractivity contribution is -0.150. The first kappa shape index (κ1) is 17.0. The zero-order valence-electron chi connectivity index (χ0n) is 13.7. The van der Waals surface area contributed by atoms with Gasteiger partial charge in [-0.15, -0.1) is 0 Å². The molecule has 1 N–H and O–H groups in total. The van der Waals surface area contributed by atoms with Crippen LogP contribution in [0.5, 0.6) is 0 Å². The molecule has 0 radical (unpaired) electrons. The third-order valence-electron chi connectivity index (χ3n) is 4.67. The summed E-state index contributed by atoms with van der Waals surface area (Å²) in [4.78, 5) is 25.6. The summed E-state index contributed by atoms with van der Waals surface area (Å²) in [5.74, 6) is -1.58. The minimum Gasteiger partial charge on any atom is -0.479 e. The monoisotopic (exact) mass is 343 g/mol. The van der Waals surface area contributed by atoms with Crippen LogP contribution in [0.25, 0.3) is 0 Å². The van der Waals surface area contributed by atoms with Gasteiger partial charge in [-0.2, -0.15) is 0 Å². The van der Waals surface area contributed by atoms with Crippen LogP contribution in [0.15, 0.2) is 48.5 Å². The summed E-state index contributed by atoms with van der Waals surface area (Å²) in [7, 11) is 1.40. The van der Waals surface area contributed by atoms with Gasteiger partial charge in [-0.05, 0) is 41.7 Å². The first-order valence-corrected chi connectivity index (χ1v) is 7.92. The van der Waals surface area contributed by atoms with Crippen molar-refractivity contribution >= 4 is 12.1 Å². The summed E-state index contributed by atoms with van der Waals surface area (Å²) in [6.45, 7) is 0.0516. The number of aliphatic carboxylic acids is 1. The van der Waals surface area contributed by atoms with E-state index in [1.807, 2.05) is 30.3 Å². The fraction of sp³-hybridized carbons (Fsp3) is 0.263. The predicted molar refractivity (Wildman–Crippen MR) is 88.4 cm³/mol. The molecule has 5 nitrogen and oxygen atoms in total. The standard InChI is InChI=1S/C19H18FNO4/c1-21(18(24)25-12-13-5-3-2-4-6-13)19(17(22)23)10-9-14-11-15(20)7-8-16(14)19/h2-8,11H,9-10,12H2,1H3,(H,22,23). The molecule has 1 atom stereocenters. The smallest absolute Gasteiger partial charge is 0.411 e. The molecule has 2 aromatic rings. The Balaban J connectivity index is 1.84. The molecule has 25 heavy (non-hydrogen) atoms. The summed E-state index contributed by atoms with van der Waals surface area (Å²) in [5, 5.41) is 9.84. The van der Waals surface area contributed by atoms with Crippen molar-refractivity contribution in [3.63, 3.8) is 0 Å². The van der Waals surface area contributed by atoms with E-state index in [4.69, 9.17) is 4.74 Å². The number of benzene rings is 2. The van der Waals surface area contributed by atoms with Gasteiger partial charge in [0.2, 0.25) is 0 Å². The molecule has 1 unspecified atom stereocenters. The van der Waals surface area contributed by atoms with E-state index in [9.17, 15) is 19.1 Å². The number of hydrogen-bond donors (Lipinski definition) is 1. The van der Waals surface area contributed by atoms with Crippen molar-refractivity contribution in [1.82, 2.24) is 4.90 Å². The number of amides is 1. The number of aryl methyl sites for hydroxylation is 1. The second-order valence-corrected chi connectivity index (χ2v) is 6.07. The summed E-state index contributed by atoms with van der Waals surface area (Å²) in [5.41, 5.74) is 0.296. The van der Waals surface area contributed by atoms with E-state index in [0.29, 0.717) is 17.5 Å². The number of carboxylic acid groups (broad SMARTS) is 1. The lowest BCUT2D eigenvalue weighted by Gasteiger charge is -2.35. The fourth-order valence-electron chi connectivity index (χ4n) is 3.31. The number of hydrogen-bond acceptors (Lipinski definition) is 3. The van der Waals surface area contributed by atoms with Gasteiger partial charge in [-0.25, -0.2) is 14.0 Å². The molecule has 0 saturated carbocycles. The maximum Gasteiger partial charge on any atom is 0.411 e. The zero-order chi connectivity index (χ0) is 18.0. The average Bonchev–Trinajstić information content (AvgIpc) is 2.99. The number of rotatable bonds is 4. The van der Waals surface area contributed by atoms with Crippen molar-refractivity contribution in [2.75, 3.05) is 7.05 Å². The molecule has 2 aromatic carbocycles. The van der Waals surface area contributed by atoms with Crippen LogP contribution < -0.4 is 0 Å². The van der Waals surface area contributed by atoms with Gasteiger partial charge >= 0.3 is 12.1 Å². The van der Waals surface area contributed by atoms with E-state index in [-0.39, 0.29) is 13.0 Å². The van der Waals surface area contributed by atoms with Crippen LogP contribution in [0.1, 0.15) is 23.1 Å². The maximum absolute atomic E-state index is 13.4. The van der Waals surface area contributed by atoms with Gasteiger partial charge < -0.3 is 9.84 Å². The van der Waals surface area contributed by atoms with Gasteiger partial charge in [0.1, 0.15) is 12.4 Å². The van der Waals surface area contributed by atoms with Crippen LogP contribution in [0.3, 0.4) is 0 Å². The highest BCUT2D eigenvalue weighted by molar-refractivity contribution is 5.87. The summed E-state index contributed by atoms with van der Waals surface area (Å²) in [6.07, 6.45) is -0.170. The number of fused-ring (bicyclic) bond motifs is 1. The molecule has 3 rings (SSSR count). The third-order valence-corrected chi connectivity index (χ3v) is 4.67. The van der Waals surface area contributed by atoms with Crippen LogP contribution >= 0.6 is 0 Å². The normalized spacial score (nSPS) is 18.5. The molecule has 1 aliphatic rings. The Morgan fingerprint density at radius 2 is 1.96 bits per heavy atom. The number of carbonyl (C=O) groups excluding carboxylic acids is 1. The average molecular weight is 343 g/mol. The maximum atomic E-state index is 13.4. The molecular formula is C19H18FNO4. The molecule has 0 fully saturated rings. The van der Waals surface area contributed by atoms with E-state index in [0.717, 1.165) is 10.5 Å². The Morgan fingerprint density at radius 1 is 1.24 bits per heavy atom. The SMILES string of the molecule is CN(C(=O)OCc1ccccc1)C1(C(=O)O)CCc2cc(F)ccc21. The third kappa shape index (κ3) is 2.95. The van der Waals surface area contributed by atoms with Gasteiger partial charge in [0, 0.05) is 7.05 Å². The number of carbonyl (C=O) groups is 2. The molecule has 0 saturated heterocycles. The fourth-order valence-corrected chi connectivity index (χ4v) is 3.31. The summed E-state index contributed by atoms with van der Waals surface area (Å²) >= 11 is 0. The topological polar surface area (TPSA) is 66.8 Å². The highest BCUT2D eigenvalue weighted by Gasteiger charge is 2.51. The van der Waals surface area contributed by atoms with Crippen molar-refractivity contribution in [2.24, 2.45) is 0 Å². The first-order chi connectivity index (χ1) is 11.9. The summed E-state index contributed by atoms with van der Waals surface area (Å²) in [6, 6.07) is 13.1. The molecule has 0 aliphatic heterocycles. The van der Waals surface area contributed by atoms with E-state index >= 15 is 0 Å². The Morgan fingerprint density at radius 3 is 2.64 bits per heavy atom. The van der Waals surface area contributed by atoms with Crippen LogP contribution in [-0.2, 0) is 28.1 Å². The van der Waals surface area contributed by atoms with Crippen LogP contribution in [0, 0.1) is 5.82 Å². The van der Waals surface area contributed by atoms with Gasteiger partial charge in [0.15, 0.2) is 5.54 Å². The molecular weight excluding hydrogens is 325 g/mol. The Bertz CT molecular complexity index is 808. The molecule has 130 valence electrons. The zero-order valence-corrected chi connectivity index (χ0v) is 13.7. The van der Waals surface area contributed by atoms with Crippen molar-refractivity contribution in [1.29, 1.82) is 0 Å². The van der Waals surface area contributed by atoms with Gasteiger partial charge in [-0.3, -0.25) is 4.90 Å². The number of likely N-dealkylation sites (N-methyl/N-ethyl adjacent to an activating group) is 1. The van der Waals surface area contributed by atoms with E-state index in [2.05, 4.69) is 0 Å². The van der Waals surface area contributed by atoms with E-state index in [1.165, 1.54) is 25.2 Å². The largest absolute Gasteiger partial charge is 0.479 e. The quantitative estimate of drug-likeness (QED) is 0.925. The molecule has 0 heterocycles. The molecule has 0 aromatic heterocycles. The van der Waals surface area contributed by atoms with Gasteiger partial charge in [-0.1, -0.05) is 36.4 Å². The Labute approximate surface area is 144 Å². The minimum atomic E-state index is -1.54. The Kier molecular flexibility index (Phi) is 4.44. The molecule has 0 spiro atoms. The second-order valence-electron chi connectivity index (χ2n) is 6.07. The van der Waals surface area contributed by atoms with Crippen LogP contribution in [0.4, 0.5) is 9.18 Å². The Hall–Kier alpha value is -2.89. The number of nitrogens with zero attached hydrogens (tertiary/aromatic N) is 1.